The van der Waals surface area contributed by atoms with E-state index >= 15 is 0 Å². The molecule has 1 aliphatic rings. The molecule has 19 heavy (non-hydrogen) atoms. The maximum atomic E-state index is 12.9. The zero-order chi connectivity index (χ0) is 13.8. The van der Waals surface area contributed by atoms with Gasteiger partial charge in [0.25, 0.3) is 5.91 Å². The summed E-state index contributed by atoms with van der Waals surface area (Å²) in [5.74, 6) is -1.55. The summed E-state index contributed by atoms with van der Waals surface area (Å²) in [6.45, 7) is 0.0552. The molecule has 3 N–H and O–H groups in total. The predicted octanol–water partition coefficient (Wildman–Crippen LogP) is 1.81. The van der Waals surface area contributed by atoms with Crippen molar-refractivity contribution in [3.8, 4) is 5.75 Å². The van der Waals surface area contributed by atoms with Gasteiger partial charge in [0, 0.05) is 24.1 Å². The Morgan fingerprint density at radius 3 is 2.79 bits per heavy atom. The molecule has 4 nitrogen and oxygen atoms in total. The van der Waals surface area contributed by atoms with Crippen LogP contribution in [0.15, 0.2) is 18.2 Å². The second-order valence-corrected chi connectivity index (χ2v) is 4.97. The number of rotatable bonds is 3. The van der Waals surface area contributed by atoms with Crippen molar-refractivity contribution >= 4 is 5.91 Å². The van der Waals surface area contributed by atoms with Crippen molar-refractivity contribution in [1.82, 2.24) is 5.32 Å². The van der Waals surface area contributed by atoms with Gasteiger partial charge in [-0.05, 0) is 31.0 Å². The summed E-state index contributed by atoms with van der Waals surface area (Å²) in [6.07, 6.45) is 3.82. The molecular formula is C14H18FNO3. The van der Waals surface area contributed by atoms with Gasteiger partial charge in [0.15, 0.2) is 11.6 Å². The lowest BCUT2D eigenvalue weighted by Gasteiger charge is -2.30. The number of carbonyl (C=O) groups is 1. The normalized spacial score (nSPS) is 23.1. The van der Waals surface area contributed by atoms with E-state index in [1.807, 2.05) is 0 Å². The second-order valence-electron chi connectivity index (χ2n) is 4.97. The zero-order valence-corrected chi connectivity index (χ0v) is 10.6. The maximum Gasteiger partial charge on any atom is 0.251 e. The third-order valence-electron chi connectivity index (χ3n) is 3.67. The molecule has 2 rings (SSSR count). The van der Waals surface area contributed by atoms with Crippen molar-refractivity contribution < 1.29 is 19.4 Å². The lowest BCUT2D eigenvalue weighted by Crippen LogP contribution is -2.43. The topological polar surface area (TPSA) is 69.6 Å². The van der Waals surface area contributed by atoms with Gasteiger partial charge >= 0.3 is 0 Å². The molecule has 5 heteroatoms. The maximum absolute atomic E-state index is 12.9. The minimum Gasteiger partial charge on any atom is -0.505 e. The fourth-order valence-electron chi connectivity index (χ4n) is 2.52. The summed E-state index contributed by atoms with van der Waals surface area (Å²) >= 11 is 0. The molecule has 0 saturated heterocycles. The molecule has 1 saturated carbocycles. The van der Waals surface area contributed by atoms with Crippen LogP contribution >= 0.6 is 0 Å². The van der Waals surface area contributed by atoms with Gasteiger partial charge in [0.1, 0.15) is 0 Å². The molecule has 0 spiro atoms. The fourth-order valence-corrected chi connectivity index (χ4v) is 2.52. The molecule has 1 fully saturated rings. The molecule has 0 radical (unpaired) electrons. The molecule has 1 aromatic carbocycles. The SMILES string of the molecule is O=C(NC1CCCCC1CO)c1ccc(F)c(O)c1. The molecular weight excluding hydrogens is 249 g/mol. The van der Waals surface area contributed by atoms with Gasteiger partial charge in [0.2, 0.25) is 0 Å². The highest BCUT2D eigenvalue weighted by Crippen LogP contribution is 2.24. The van der Waals surface area contributed by atoms with Gasteiger partial charge < -0.3 is 15.5 Å². The van der Waals surface area contributed by atoms with Crippen LogP contribution in [-0.2, 0) is 0 Å². The van der Waals surface area contributed by atoms with Crippen molar-refractivity contribution in [1.29, 1.82) is 0 Å². The monoisotopic (exact) mass is 267 g/mol. The number of aromatic hydroxyl groups is 1. The van der Waals surface area contributed by atoms with Gasteiger partial charge in [-0.25, -0.2) is 4.39 Å². The second kappa shape index (κ2) is 6.02. The van der Waals surface area contributed by atoms with E-state index in [2.05, 4.69) is 5.32 Å². The number of hydrogen-bond donors (Lipinski definition) is 3. The van der Waals surface area contributed by atoms with E-state index in [-0.39, 0.29) is 30.0 Å². The van der Waals surface area contributed by atoms with Crippen LogP contribution in [0.5, 0.6) is 5.75 Å². The zero-order valence-electron chi connectivity index (χ0n) is 10.6. The van der Waals surface area contributed by atoms with Crippen LogP contribution in [0.1, 0.15) is 36.0 Å². The number of amides is 1. The smallest absolute Gasteiger partial charge is 0.251 e. The van der Waals surface area contributed by atoms with Crippen LogP contribution in [0.4, 0.5) is 4.39 Å². The number of phenolic OH excluding ortho intramolecular Hbond substituents is 1. The van der Waals surface area contributed by atoms with Crippen LogP contribution in [0, 0.1) is 11.7 Å². The molecule has 1 aliphatic carbocycles. The minimum atomic E-state index is -0.748. The quantitative estimate of drug-likeness (QED) is 0.782. The van der Waals surface area contributed by atoms with E-state index in [1.165, 1.54) is 6.07 Å². The Morgan fingerprint density at radius 1 is 1.37 bits per heavy atom. The number of aliphatic hydroxyl groups excluding tert-OH is 1. The summed E-state index contributed by atoms with van der Waals surface area (Å²) in [4.78, 5) is 12.0. The lowest BCUT2D eigenvalue weighted by atomic mass is 9.85. The number of carbonyl (C=O) groups excluding carboxylic acids is 1. The number of hydrogen-bond acceptors (Lipinski definition) is 3. The number of aliphatic hydroxyl groups is 1. The van der Waals surface area contributed by atoms with Crippen LogP contribution in [0.3, 0.4) is 0 Å². The molecule has 2 unspecified atom stereocenters. The Bertz CT molecular complexity index is 464. The number of nitrogens with one attached hydrogen (secondary N) is 1. The summed E-state index contributed by atoms with van der Waals surface area (Å²) in [6, 6.07) is 3.45. The summed E-state index contributed by atoms with van der Waals surface area (Å²) in [5.41, 5.74) is 0.223. The summed E-state index contributed by atoms with van der Waals surface area (Å²) in [7, 11) is 0. The molecule has 1 aromatic rings. The Labute approximate surface area is 111 Å². The predicted molar refractivity (Wildman–Crippen MR) is 68.4 cm³/mol. The summed E-state index contributed by atoms with van der Waals surface area (Å²) < 4.78 is 12.9. The van der Waals surface area contributed by atoms with E-state index in [0.717, 1.165) is 37.8 Å². The van der Waals surface area contributed by atoms with E-state index in [4.69, 9.17) is 0 Å². The molecule has 0 aliphatic heterocycles. The van der Waals surface area contributed by atoms with E-state index in [0.29, 0.717) is 0 Å². The van der Waals surface area contributed by atoms with Gasteiger partial charge in [-0.3, -0.25) is 4.79 Å². The number of benzene rings is 1. The highest BCUT2D eigenvalue weighted by molar-refractivity contribution is 5.94. The fraction of sp³-hybridized carbons (Fsp3) is 0.500. The largest absolute Gasteiger partial charge is 0.505 e. The molecule has 1 amide bonds. The van der Waals surface area contributed by atoms with Gasteiger partial charge in [0.05, 0.1) is 0 Å². The van der Waals surface area contributed by atoms with Gasteiger partial charge in [-0.15, -0.1) is 0 Å². The number of phenols is 1. The molecule has 0 aromatic heterocycles. The van der Waals surface area contributed by atoms with Crippen molar-refractivity contribution in [2.75, 3.05) is 6.61 Å². The summed E-state index contributed by atoms with van der Waals surface area (Å²) in [5, 5.41) is 21.4. The first kappa shape index (κ1) is 13.8. The van der Waals surface area contributed by atoms with Crippen molar-refractivity contribution in [2.24, 2.45) is 5.92 Å². The van der Waals surface area contributed by atoms with E-state index < -0.39 is 11.6 Å². The van der Waals surface area contributed by atoms with Crippen molar-refractivity contribution in [3.05, 3.63) is 29.6 Å². The van der Waals surface area contributed by atoms with Crippen molar-refractivity contribution in [2.45, 2.75) is 31.7 Å². The average molecular weight is 267 g/mol. The third kappa shape index (κ3) is 3.23. The molecule has 0 heterocycles. The number of halogens is 1. The molecule has 0 bridgehead atoms. The highest BCUT2D eigenvalue weighted by atomic mass is 19.1. The van der Waals surface area contributed by atoms with Crippen LogP contribution in [0.25, 0.3) is 0 Å². The lowest BCUT2D eigenvalue weighted by molar-refractivity contribution is 0.0872. The first-order valence-corrected chi connectivity index (χ1v) is 6.52. The molecule has 2 atom stereocenters. The van der Waals surface area contributed by atoms with E-state index in [9.17, 15) is 19.4 Å². The minimum absolute atomic E-state index is 0.0552. The Hall–Kier alpha value is -1.62. The first-order chi connectivity index (χ1) is 9.11. The standard InChI is InChI=1S/C14H18FNO3/c15-11-6-5-9(7-13(11)18)14(19)16-12-4-2-1-3-10(12)8-17/h5-7,10,12,17-18H,1-4,8H2,(H,16,19). The van der Waals surface area contributed by atoms with Crippen LogP contribution in [0.2, 0.25) is 0 Å². The third-order valence-corrected chi connectivity index (χ3v) is 3.67. The Morgan fingerprint density at radius 2 is 2.11 bits per heavy atom. The average Bonchev–Trinajstić information content (AvgIpc) is 2.42. The van der Waals surface area contributed by atoms with E-state index in [1.54, 1.807) is 0 Å². The van der Waals surface area contributed by atoms with Crippen molar-refractivity contribution in [3.63, 3.8) is 0 Å². The first-order valence-electron chi connectivity index (χ1n) is 6.52. The van der Waals surface area contributed by atoms with Crippen LogP contribution < -0.4 is 5.32 Å². The van der Waals surface area contributed by atoms with Gasteiger partial charge in [-0.2, -0.15) is 0 Å². The molecule has 104 valence electrons. The van der Waals surface area contributed by atoms with Crippen LogP contribution in [-0.4, -0.2) is 28.8 Å². The van der Waals surface area contributed by atoms with Gasteiger partial charge in [-0.1, -0.05) is 12.8 Å². The Balaban J connectivity index is 2.05. The highest BCUT2D eigenvalue weighted by Gasteiger charge is 2.26. The Kier molecular flexibility index (Phi) is 4.37.